The van der Waals surface area contributed by atoms with Crippen LogP contribution in [0.4, 0.5) is 5.69 Å². The molecule has 188 valence electrons. The zero-order chi connectivity index (χ0) is 26.0. The maximum absolute atomic E-state index is 13.4. The molecule has 2 aromatic rings. The number of hydrogen-bond donors (Lipinski definition) is 1. The number of ether oxygens (including phenoxy) is 1. The summed E-state index contributed by atoms with van der Waals surface area (Å²) in [6, 6.07) is 13.9. The van der Waals surface area contributed by atoms with Gasteiger partial charge in [0, 0.05) is 31.5 Å². The highest BCUT2D eigenvalue weighted by Gasteiger charge is 2.29. The van der Waals surface area contributed by atoms with Crippen molar-refractivity contribution in [3.8, 4) is 0 Å². The molecule has 1 N–H and O–H groups in total. The second-order valence-corrected chi connectivity index (χ2v) is 9.12. The zero-order valence-corrected chi connectivity index (χ0v) is 21.8. The van der Waals surface area contributed by atoms with Crippen LogP contribution in [-0.4, -0.2) is 47.6 Å². The van der Waals surface area contributed by atoms with Gasteiger partial charge in [0.15, 0.2) is 0 Å². The minimum atomic E-state index is -0.767. The van der Waals surface area contributed by atoms with Crippen LogP contribution in [0, 0.1) is 5.92 Å². The van der Waals surface area contributed by atoms with Gasteiger partial charge in [-0.25, -0.2) is 9.79 Å². The number of benzene rings is 2. The van der Waals surface area contributed by atoms with Crippen molar-refractivity contribution in [2.75, 3.05) is 13.2 Å². The van der Waals surface area contributed by atoms with Gasteiger partial charge in [-0.05, 0) is 43.0 Å². The summed E-state index contributed by atoms with van der Waals surface area (Å²) in [7, 11) is 0. The van der Waals surface area contributed by atoms with E-state index in [1.54, 1.807) is 36.9 Å². The number of rotatable bonds is 11. The first-order valence-corrected chi connectivity index (χ1v) is 12.1. The number of hydrogen-bond acceptors (Lipinski definition) is 5. The second-order valence-electron chi connectivity index (χ2n) is 8.68. The van der Waals surface area contributed by atoms with Crippen molar-refractivity contribution in [3.63, 3.8) is 0 Å². The molecule has 0 aliphatic heterocycles. The molecular formula is C27H34ClN3O4. The lowest BCUT2D eigenvalue weighted by Gasteiger charge is -2.32. The molecule has 0 fully saturated rings. The lowest BCUT2D eigenvalue weighted by atomic mass is 10.0. The maximum atomic E-state index is 13.4. The van der Waals surface area contributed by atoms with Crippen molar-refractivity contribution in [2.24, 2.45) is 10.9 Å². The van der Waals surface area contributed by atoms with Gasteiger partial charge < -0.3 is 15.0 Å². The maximum Gasteiger partial charge on any atom is 0.352 e. The molecule has 35 heavy (non-hydrogen) atoms. The van der Waals surface area contributed by atoms with Crippen LogP contribution in [0.15, 0.2) is 53.5 Å². The first-order valence-electron chi connectivity index (χ1n) is 11.7. The van der Waals surface area contributed by atoms with Crippen molar-refractivity contribution in [2.45, 2.75) is 53.6 Å². The number of halogens is 1. The normalized spacial score (nSPS) is 12.3. The molecule has 0 aromatic heterocycles. The highest BCUT2D eigenvalue weighted by atomic mass is 35.5. The number of nitrogens with zero attached hydrogens (tertiary/aromatic N) is 2. The van der Waals surface area contributed by atoms with Crippen molar-refractivity contribution < 1.29 is 19.1 Å². The number of carbonyl (C=O) groups is 3. The van der Waals surface area contributed by atoms with E-state index >= 15 is 0 Å². The van der Waals surface area contributed by atoms with Gasteiger partial charge >= 0.3 is 5.97 Å². The Hall–Kier alpha value is -3.19. The average Bonchev–Trinajstić information content (AvgIpc) is 2.81. The van der Waals surface area contributed by atoms with Crippen LogP contribution in [0.25, 0.3) is 0 Å². The molecule has 0 saturated carbocycles. The molecule has 0 spiro atoms. The van der Waals surface area contributed by atoms with Gasteiger partial charge in [0.1, 0.15) is 11.8 Å². The number of carbonyl (C=O) groups excluding carboxylic acids is 3. The molecule has 0 aliphatic rings. The van der Waals surface area contributed by atoms with Gasteiger partial charge in [-0.15, -0.1) is 0 Å². The van der Waals surface area contributed by atoms with Gasteiger partial charge in [-0.1, -0.05) is 61.8 Å². The molecule has 0 saturated heterocycles. The zero-order valence-electron chi connectivity index (χ0n) is 21.0. The summed E-state index contributed by atoms with van der Waals surface area (Å²) in [4.78, 5) is 44.1. The number of esters is 1. The smallest absolute Gasteiger partial charge is 0.352 e. The molecule has 0 heterocycles. The van der Waals surface area contributed by atoms with Gasteiger partial charge in [-0.2, -0.15) is 0 Å². The van der Waals surface area contributed by atoms with Crippen molar-refractivity contribution >= 4 is 40.8 Å². The van der Waals surface area contributed by atoms with E-state index in [1.165, 1.54) is 6.92 Å². The number of nitrogens with one attached hydrogen (secondary N) is 1. The topological polar surface area (TPSA) is 88.1 Å². The lowest BCUT2D eigenvalue weighted by molar-refractivity contribution is -0.139. The van der Waals surface area contributed by atoms with Crippen LogP contribution < -0.4 is 5.32 Å². The average molecular weight is 500 g/mol. The van der Waals surface area contributed by atoms with Crippen LogP contribution >= 0.6 is 11.6 Å². The predicted octanol–water partition coefficient (Wildman–Crippen LogP) is 4.73. The van der Waals surface area contributed by atoms with E-state index in [2.05, 4.69) is 10.3 Å². The molecule has 1 unspecified atom stereocenters. The van der Waals surface area contributed by atoms with E-state index in [1.807, 2.05) is 44.2 Å². The van der Waals surface area contributed by atoms with Gasteiger partial charge in [0.25, 0.3) is 0 Å². The van der Waals surface area contributed by atoms with E-state index in [4.69, 9.17) is 16.3 Å². The first kappa shape index (κ1) is 28.1. The summed E-state index contributed by atoms with van der Waals surface area (Å²) in [6.45, 7) is 9.74. The highest BCUT2D eigenvalue weighted by molar-refractivity contribution is 6.36. The van der Waals surface area contributed by atoms with E-state index in [0.717, 1.165) is 5.56 Å². The quantitative estimate of drug-likeness (QED) is 0.357. The standard InChI is InChI=1S/C27H34ClN3O4/c1-6-35-27(34)19(4)30-24-15-23(28)13-12-22(24)14-25(31(20(5)32)17-18(2)3)26(33)29-16-21-10-8-7-9-11-21/h7-13,15,18,25H,6,14,16-17H2,1-5H3,(H,29,33). The Morgan fingerprint density at radius 2 is 1.77 bits per heavy atom. The summed E-state index contributed by atoms with van der Waals surface area (Å²) in [5, 5.41) is 3.41. The third kappa shape index (κ3) is 8.83. The second kappa shape index (κ2) is 13.6. The third-order valence-corrected chi connectivity index (χ3v) is 5.51. The molecule has 1 atom stereocenters. The summed E-state index contributed by atoms with van der Waals surface area (Å²) in [5.41, 5.74) is 2.27. The minimum Gasteiger partial charge on any atom is -0.462 e. The molecule has 8 heteroatoms. The fraction of sp³-hybridized carbons (Fsp3) is 0.407. The Kier molecular flexibility index (Phi) is 10.9. The predicted molar refractivity (Wildman–Crippen MR) is 139 cm³/mol. The molecule has 0 bridgehead atoms. The molecule has 0 radical (unpaired) electrons. The van der Waals surface area contributed by atoms with Crippen LogP contribution in [0.3, 0.4) is 0 Å². The molecule has 2 rings (SSSR count). The van der Waals surface area contributed by atoms with Crippen molar-refractivity contribution in [1.29, 1.82) is 0 Å². The van der Waals surface area contributed by atoms with Crippen LogP contribution in [0.1, 0.15) is 45.7 Å². The SMILES string of the molecule is CCOC(=O)C(C)=Nc1cc(Cl)ccc1CC(C(=O)NCc1ccccc1)N(CC(C)C)C(C)=O. The Balaban J connectivity index is 2.41. The summed E-state index contributed by atoms with van der Waals surface area (Å²) < 4.78 is 5.03. The number of aliphatic imine (C=N–C) groups is 1. The van der Waals surface area contributed by atoms with E-state index < -0.39 is 12.0 Å². The monoisotopic (exact) mass is 499 g/mol. The van der Waals surface area contributed by atoms with Gasteiger partial charge in [0.2, 0.25) is 11.8 Å². The van der Waals surface area contributed by atoms with Gasteiger partial charge in [-0.3, -0.25) is 9.59 Å². The van der Waals surface area contributed by atoms with Crippen molar-refractivity contribution in [1.82, 2.24) is 10.2 Å². The Labute approximate surface area is 212 Å². The molecular weight excluding hydrogens is 466 g/mol. The highest BCUT2D eigenvalue weighted by Crippen LogP contribution is 2.27. The third-order valence-electron chi connectivity index (χ3n) is 5.27. The Bertz CT molecular complexity index is 1050. The molecule has 7 nitrogen and oxygen atoms in total. The van der Waals surface area contributed by atoms with Crippen LogP contribution in [0.5, 0.6) is 0 Å². The Morgan fingerprint density at radius 3 is 2.37 bits per heavy atom. The van der Waals surface area contributed by atoms with Crippen LogP contribution in [0.2, 0.25) is 5.02 Å². The molecule has 2 aromatic carbocycles. The van der Waals surface area contributed by atoms with Crippen LogP contribution in [-0.2, 0) is 32.1 Å². The van der Waals surface area contributed by atoms with E-state index in [0.29, 0.717) is 29.4 Å². The minimum absolute atomic E-state index is 0.164. The summed E-state index contributed by atoms with van der Waals surface area (Å²) in [6.07, 6.45) is 0.207. The van der Waals surface area contributed by atoms with E-state index in [9.17, 15) is 14.4 Å². The summed E-state index contributed by atoms with van der Waals surface area (Å²) >= 11 is 6.21. The fourth-order valence-electron chi connectivity index (χ4n) is 3.60. The largest absolute Gasteiger partial charge is 0.462 e. The lowest BCUT2D eigenvalue weighted by Crippen LogP contribution is -2.51. The first-order chi connectivity index (χ1) is 16.6. The Morgan fingerprint density at radius 1 is 1.09 bits per heavy atom. The van der Waals surface area contributed by atoms with E-state index in [-0.39, 0.29) is 36.5 Å². The molecule has 2 amide bonds. The van der Waals surface area contributed by atoms with Crippen molar-refractivity contribution in [3.05, 3.63) is 64.7 Å². The summed E-state index contributed by atoms with van der Waals surface area (Å²) in [5.74, 6) is -0.824. The fourth-order valence-corrected chi connectivity index (χ4v) is 3.77. The number of amides is 2. The van der Waals surface area contributed by atoms with Gasteiger partial charge in [0.05, 0.1) is 12.3 Å². The molecule has 0 aliphatic carbocycles.